The molecular formula is C28H34FN3O5. The maximum Gasteiger partial charge on any atom is 0.410 e. The highest BCUT2D eigenvalue weighted by molar-refractivity contribution is 5.69. The van der Waals surface area contributed by atoms with E-state index in [0.29, 0.717) is 45.0 Å². The molecule has 4 rings (SSSR count). The van der Waals surface area contributed by atoms with Crippen LogP contribution in [0.2, 0.25) is 0 Å². The van der Waals surface area contributed by atoms with Crippen LogP contribution in [-0.2, 0) is 20.8 Å². The van der Waals surface area contributed by atoms with Gasteiger partial charge < -0.3 is 23.8 Å². The summed E-state index contributed by atoms with van der Waals surface area (Å²) in [7, 11) is 1.44. The quantitative estimate of drug-likeness (QED) is 0.532. The van der Waals surface area contributed by atoms with E-state index in [4.69, 9.17) is 24.2 Å². The lowest BCUT2D eigenvalue weighted by Gasteiger charge is -2.51. The molecule has 2 fully saturated rings. The molecule has 0 atom stereocenters. The van der Waals surface area contributed by atoms with E-state index in [2.05, 4.69) is 11.0 Å². The molecule has 37 heavy (non-hydrogen) atoms. The maximum atomic E-state index is 14.3. The van der Waals surface area contributed by atoms with Crippen LogP contribution in [0.25, 0.3) is 0 Å². The molecule has 1 spiro atoms. The first-order chi connectivity index (χ1) is 17.6. The first-order valence-corrected chi connectivity index (χ1v) is 12.4. The second-order valence-electron chi connectivity index (χ2n) is 10.6. The lowest BCUT2D eigenvalue weighted by atomic mass is 10.0. The molecule has 2 heterocycles. The summed E-state index contributed by atoms with van der Waals surface area (Å²) in [6, 6.07) is 14.5. The number of likely N-dealkylation sites (tertiary alicyclic amines) is 1. The van der Waals surface area contributed by atoms with E-state index in [9.17, 15) is 9.18 Å². The summed E-state index contributed by atoms with van der Waals surface area (Å²) in [6.45, 7) is 8.47. The predicted octanol–water partition coefficient (Wildman–Crippen LogP) is 4.71. The number of hydrogen-bond donors (Lipinski definition) is 0. The molecule has 1 amide bonds. The number of ether oxygens (including phenoxy) is 4. The normalized spacial score (nSPS) is 17.1. The number of nitrogens with zero attached hydrogens (tertiary/aromatic N) is 3. The van der Waals surface area contributed by atoms with Gasteiger partial charge in [-0.25, -0.2) is 9.18 Å². The Labute approximate surface area is 217 Å². The highest BCUT2D eigenvalue weighted by atomic mass is 19.1. The molecule has 0 aliphatic carbocycles. The molecule has 0 radical (unpaired) electrons. The lowest BCUT2D eigenvalue weighted by molar-refractivity contribution is -0.328. The SMILES string of the molecule is COc1ccc(CN(CCC2COC3(CN(C(=O)OC(C)(C)C)C3)OC2)c2ccc(C#N)cc2)cc1F. The first kappa shape index (κ1) is 26.7. The minimum Gasteiger partial charge on any atom is -0.494 e. The van der Waals surface area contributed by atoms with Gasteiger partial charge in [0, 0.05) is 24.7 Å². The molecular weight excluding hydrogens is 477 g/mol. The number of hydrogen-bond acceptors (Lipinski definition) is 7. The van der Waals surface area contributed by atoms with Gasteiger partial charge in [-0.1, -0.05) is 6.07 Å². The van der Waals surface area contributed by atoms with Gasteiger partial charge in [0.15, 0.2) is 11.6 Å². The Hall–Kier alpha value is -3.35. The molecule has 2 aromatic rings. The maximum absolute atomic E-state index is 14.3. The molecule has 8 nitrogen and oxygen atoms in total. The summed E-state index contributed by atoms with van der Waals surface area (Å²) in [6.07, 6.45) is 0.435. The van der Waals surface area contributed by atoms with Crippen LogP contribution in [0.3, 0.4) is 0 Å². The third-order valence-corrected chi connectivity index (χ3v) is 6.44. The fraction of sp³-hybridized carbons (Fsp3) is 0.500. The van der Waals surface area contributed by atoms with Crippen molar-refractivity contribution >= 4 is 11.8 Å². The number of halogens is 1. The van der Waals surface area contributed by atoms with Gasteiger partial charge in [0.2, 0.25) is 5.79 Å². The van der Waals surface area contributed by atoms with Crippen molar-refractivity contribution in [2.24, 2.45) is 5.92 Å². The van der Waals surface area contributed by atoms with Gasteiger partial charge in [-0.2, -0.15) is 5.26 Å². The van der Waals surface area contributed by atoms with E-state index in [1.807, 2.05) is 39.0 Å². The molecule has 0 bridgehead atoms. The molecule has 2 aromatic carbocycles. The van der Waals surface area contributed by atoms with Crippen LogP contribution in [0.5, 0.6) is 5.75 Å². The van der Waals surface area contributed by atoms with E-state index >= 15 is 0 Å². The summed E-state index contributed by atoms with van der Waals surface area (Å²) >= 11 is 0. The summed E-state index contributed by atoms with van der Waals surface area (Å²) in [5.74, 6) is -0.768. The molecule has 0 aromatic heterocycles. The van der Waals surface area contributed by atoms with E-state index in [1.165, 1.54) is 13.2 Å². The smallest absolute Gasteiger partial charge is 0.410 e. The van der Waals surface area contributed by atoms with E-state index in [0.717, 1.165) is 17.7 Å². The van der Waals surface area contributed by atoms with Gasteiger partial charge >= 0.3 is 6.09 Å². The number of methoxy groups -OCH3 is 1. The fourth-order valence-electron chi connectivity index (χ4n) is 4.38. The Morgan fingerprint density at radius 3 is 2.43 bits per heavy atom. The zero-order valence-electron chi connectivity index (χ0n) is 21.8. The number of benzene rings is 2. The zero-order chi connectivity index (χ0) is 26.6. The summed E-state index contributed by atoms with van der Waals surface area (Å²) in [5.41, 5.74) is 1.79. The van der Waals surface area contributed by atoms with Gasteiger partial charge in [0.1, 0.15) is 5.60 Å². The second kappa shape index (κ2) is 11.0. The molecule has 0 saturated carbocycles. The van der Waals surface area contributed by atoms with Crippen molar-refractivity contribution in [2.75, 3.05) is 44.9 Å². The summed E-state index contributed by atoms with van der Waals surface area (Å²) in [4.78, 5) is 16.0. The second-order valence-corrected chi connectivity index (χ2v) is 10.6. The third kappa shape index (κ3) is 6.70. The Morgan fingerprint density at radius 1 is 1.19 bits per heavy atom. The van der Waals surface area contributed by atoms with Crippen molar-refractivity contribution in [3.8, 4) is 11.8 Å². The zero-order valence-corrected chi connectivity index (χ0v) is 21.8. The summed E-state index contributed by atoms with van der Waals surface area (Å²) in [5, 5.41) is 9.15. The van der Waals surface area contributed by atoms with Gasteiger partial charge in [-0.3, -0.25) is 4.90 Å². The molecule has 0 N–H and O–H groups in total. The fourth-order valence-corrected chi connectivity index (χ4v) is 4.38. The van der Waals surface area contributed by atoms with Crippen molar-refractivity contribution in [1.29, 1.82) is 5.26 Å². The molecule has 0 unspecified atom stereocenters. The van der Waals surface area contributed by atoms with Crippen LogP contribution in [-0.4, -0.2) is 62.3 Å². The Bertz CT molecular complexity index is 1130. The van der Waals surface area contributed by atoms with E-state index < -0.39 is 17.2 Å². The number of nitriles is 1. The Kier molecular flexibility index (Phi) is 7.90. The van der Waals surface area contributed by atoms with Crippen LogP contribution in [0.15, 0.2) is 42.5 Å². The van der Waals surface area contributed by atoms with Crippen molar-refractivity contribution < 1.29 is 28.1 Å². The molecule has 198 valence electrons. The average Bonchev–Trinajstić information content (AvgIpc) is 2.84. The standard InChI is InChI=1S/C28H34FN3O5/c1-27(2,3)37-26(33)32-18-28(19-32)35-16-22(17-36-28)11-12-31(23-8-5-20(14-30)6-9-23)15-21-7-10-25(34-4)24(29)13-21/h5-10,13,22H,11-12,15-19H2,1-4H3. The third-order valence-electron chi connectivity index (χ3n) is 6.44. The molecule has 2 saturated heterocycles. The van der Waals surface area contributed by atoms with Crippen LogP contribution in [0, 0.1) is 23.1 Å². The van der Waals surface area contributed by atoms with Crippen LogP contribution in [0.1, 0.15) is 38.3 Å². The van der Waals surface area contributed by atoms with Gasteiger partial charge in [-0.15, -0.1) is 0 Å². The molecule has 2 aliphatic rings. The molecule has 2 aliphatic heterocycles. The van der Waals surface area contributed by atoms with Gasteiger partial charge in [0.05, 0.1) is 45.0 Å². The van der Waals surface area contributed by atoms with Crippen LogP contribution < -0.4 is 9.64 Å². The number of anilines is 1. The van der Waals surface area contributed by atoms with E-state index in [1.54, 1.807) is 23.1 Å². The van der Waals surface area contributed by atoms with Crippen molar-refractivity contribution in [2.45, 2.75) is 45.1 Å². The van der Waals surface area contributed by atoms with Crippen LogP contribution in [0.4, 0.5) is 14.9 Å². The number of rotatable bonds is 7. The summed E-state index contributed by atoms with van der Waals surface area (Å²) < 4.78 is 36.9. The predicted molar refractivity (Wildman–Crippen MR) is 136 cm³/mol. The Balaban J connectivity index is 1.34. The number of carbonyl (C=O) groups is 1. The number of carbonyl (C=O) groups excluding carboxylic acids is 1. The lowest BCUT2D eigenvalue weighted by Crippen LogP contribution is -2.68. The number of amides is 1. The minimum atomic E-state index is -0.749. The minimum absolute atomic E-state index is 0.176. The first-order valence-electron chi connectivity index (χ1n) is 12.4. The highest BCUT2D eigenvalue weighted by Crippen LogP contribution is 2.33. The monoisotopic (exact) mass is 511 g/mol. The van der Waals surface area contributed by atoms with Gasteiger partial charge in [-0.05, 0) is 69.2 Å². The van der Waals surface area contributed by atoms with Crippen LogP contribution >= 0.6 is 0 Å². The molecule has 9 heteroatoms. The highest BCUT2D eigenvalue weighted by Gasteiger charge is 2.51. The largest absolute Gasteiger partial charge is 0.494 e. The van der Waals surface area contributed by atoms with Crippen molar-refractivity contribution in [3.63, 3.8) is 0 Å². The van der Waals surface area contributed by atoms with E-state index in [-0.39, 0.29) is 17.8 Å². The topological polar surface area (TPSA) is 84.3 Å². The van der Waals surface area contributed by atoms with Crippen molar-refractivity contribution in [1.82, 2.24) is 4.90 Å². The van der Waals surface area contributed by atoms with Crippen molar-refractivity contribution in [3.05, 3.63) is 59.4 Å². The van der Waals surface area contributed by atoms with Gasteiger partial charge in [0.25, 0.3) is 0 Å². The Morgan fingerprint density at radius 2 is 1.86 bits per heavy atom. The average molecular weight is 512 g/mol.